The molecular formula is C11H21N3O2S. The summed E-state index contributed by atoms with van der Waals surface area (Å²) in [4.78, 5) is 0. The van der Waals surface area contributed by atoms with Gasteiger partial charge in [0, 0.05) is 25.0 Å². The number of nitrogens with zero attached hydrogens (tertiary/aromatic N) is 2. The van der Waals surface area contributed by atoms with Gasteiger partial charge in [0.15, 0.2) is 0 Å². The molecule has 0 radical (unpaired) electrons. The molecule has 1 aromatic heterocycles. The molecule has 0 aromatic carbocycles. The van der Waals surface area contributed by atoms with Crippen LogP contribution in [0.15, 0.2) is 12.3 Å². The van der Waals surface area contributed by atoms with E-state index < -0.39 is 9.84 Å². The molecule has 0 unspecified atom stereocenters. The smallest absolute Gasteiger partial charge is 0.150 e. The van der Waals surface area contributed by atoms with Crippen LogP contribution in [0.4, 0.5) is 0 Å². The summed E-state index contributed by atoms with van der Waals surface area (Å²) in [5.41, 5.74) is 1.10. The zero-order valence-electron chi connectivity index (χ0n) is 10.5. The summed E-state index contributed by atoms with van der Waals surface area (Å²) >= 11 is 0. The fourth-order valence-electron chi connectivity index (χ4n) is 1.54. The van der Waals surface area contributed by atoms with E-state index in [0.29, 0.717) is 13.0 Å². The Hall–Kier alpha value is -0.880. The zero-order chi connectivity index (χ0) is 12.7. The lowest BCUT2D eigenvalue weighted by Crippen LogP contribution is -2.17. The molecule has 5 nitrogen and oxygen atoms in total. The lowest BCUT2D eigenvalue weighted by Gasteiger charge is -2.07. The maximum absolute atomic E-state index is 11.3. The molecule has 0 aliphatic rings. The van der Waals surface area contributed by atoms with E-state index in [4.69, 9.17) is 0 Å². The summed E-state index contributed by atoms with van der Waals surface area (Å²) in [7, 11) is -2.86. The van der Waals surface area contributed by atoms with Gasteiger partial charge in [0.1, 0.15) is 9.84 Å². The van der Waals surface area contributed by atoms with Crippen LogP contribution in [-0.2, 0) is 22.9 Å². The minimum atomic E-state index is -2.86. The Labute approximate surface area is 103 Å². The Morgan fingerprint density at radius 2 is 2.18 bits per heavy atom. The Morgan fingerprint density at radius 3 is 2.82 bits per heavy atom. The van der Waals surface area contributed by atoms with Crippen molar-refractivity contribution in [3.8, 4) is 0 Å². The summed E-state index contributed by atoms with van der Waals surface area (Å²) < 4.78 is 24.6. The molecule has 0 aliphatic heterocycles. The van der Waals surface area contributed by atoms with Crippen molar-refractivity contribution in [2.24, 2.45) is 0 Å². The quantitative estimate of drug-likeness (QED) is 0.750. The molecule has 0 fully saturated rings. The van der Waals surface area contributed by atoms with Gasteiger partial charge in [-0.2, -0.15) is 5.10 Å². The van der Waals surface area contributed by atoms with Crippen molar-refractivity contribution in [2.45, 2.75) is 33.4 Å². The Bertz CT molecular complexity index is 426. The van der Waals surface area contributed by atoms with Gasteiger partial charge in [-0.25, -0.2) is 8.42 Å². The number of hydrogen-bond donors (Lipinski definition) is 1. The maximum atomic E-state index is 11.3. The topological polar surface area (TPSA) is 64.0 Å². The second-order valence-corrected chi connectivity index (χ2v) is 6.39. The highest BCUT2D eigenvalue weighted by Crippen LogP contribution is 2.02. The number of aryl methyl sites for hydroxylation is 1. The third-order valence-electron chi connectivity index (χ3n) is 2.63. The molecule has 0 saturated heterocycles. The monoisotopic (exact) mass is 259 g/mol. The van der Waals surface area contributed by atoms with Crippen molar-refractivity contribution < 1.29 is 8.42 Å². The molecule has 98 valence electrons. The minimum Gasteiger partial charge on any atom is -0.311 e. The molecule has 0 spiro atoms. The van der Waals surface area contributed by atoms with Crippen LogP contribution in [0.2, 0.25) is 0 Å². The molecule has 6 heteroatoms. The summed E-state index contributed by atoms with van der Waals surface area (Å²) in [6.45, 7) is 6.08. The fraction of sp³-hybridized carbons (Fsp3) is 0.727. The molecular weight excluding hydrogens is 238 g/mol. The first-order valence-corrected chi connectivity index (χ1v) is 7.83. The molecule has 0 atom stereocenters. The van der Waals surface area contributed by atoms with Gasteiger partial charge in [0.25, 0.3) is 0 Å². The number of aromatic nitrogens is 2. The lowest BCUT2D eigenvalue weighted by atomic mass is 10.4. The highest BCUT2D eigenvalue weighted by atomic mass is 32.2. The second kappa shape index (κ2) is 6.76. The second-order valence-electron chi connectivity index (χ2n) is 3.92. The van der Waals surface area contributed by atoms with Gasteiger partial charge in [0.2, 0.25) is 0 Å². The van der Waals surface area contributed by atoms with Crippen molar-refractivity contribution in [3.63, 3.8) is 0 Å². The number of hydrogen-bond acceptors (Lipinski definition) is 4. The van der Waals surface area contributed by atoms with Crippen molar-refractivity contribution in [2.75, 3.05) is 18.1 Å². The van der Waals surface area contributed by atoms with Gasteiger partial charge in [-0.1, -0.05) is 13.8 Å². The maximum Gasteiger partial charge on any atom is 0.150 e. The zero-order valence-corrected chi connectivity index (χ0v) is 11.3. The van der Waals surface area contributed by atoms with Crippen molar-refractivity contribution in [1.82, 2.24) is 15.1 Å². The van der Waals surface area contributed by atoms with Crippen LogP contribution in [-0.4, -0.2) is 36.2 Å². The number of rotatable bonds is 8. The van der Waals surface area contributed by atoms with Crippen LogP contribution in [0.1, 0.15) is 26.0 Å². The average Bonchev–Trinajstić information content (AvgIpc) is 2.74. The summed E-state index contributed by atoms with van der Waals surface area (Å²) in [6, 6.07) is 1.96. The lowest BCUT2D eigenvalue weighted by molar-refractivity contribution is 0.546. The van der Waals surface area contributed by atoms with Gasteiger partial charge in [-0.05, 0) is 19.0 Å². The average molecular weight is 259 g/mol. The van der Waals surface area contributed by atoms with Gasteiger partial charge < -0.3 is 5.32 Å². The van der Waals surface area contributed by atoms with Crippen LogP contribution in [0.3, 0.4) is 0 Å². The van der Waals surface area contributed by atoms with E-state index in [1.165, 1.54) is 0 Å². The van der Waals surface area contributed by atoms with Gasteiger partial charge in [-0.3, -0.25) is 4.68 Å². The van der Waals surface area contributed by atoms with Crippen molar-refractivity contribution in [3.05, 3.63) is 18.0 Å². The summed E-state index contributed by atoms with van der Waals surface area (Å²) in [5, 5.41) is 7.43. The van der Waals surface area contributed by atoms with E-state index in [1.54, 1.807) is 13.1 Å². The normalized spacial score (nSPS) is 11.9. The van der Waals surface area contributed by atoms with Crippen LogP contribution < -0.4 is 5.32 Å². The Kier molecular flexibility index (Phi) is 5.64. The Morgan fingerprint density at radius 1 is 1.41 bits per heavy atom. The minimum absolute atomic E-state index is 0.219. The number of nitrogens with one attached hydrogen (secondary N) is 1. The predicted octanol–water partition coefficient (Wildman–Crippen LogP) is 0.817. The van der Waals surface area contributed by atoms with Gasteiger partial charge >= 0.3 is 0 Å². The summed E-state index contributed by atoms with van der Waals surface area (Å²) in [5.74, 6) is 0.459. The molecule has 1 rings (SSSR count). The SMILES string of the molecule is CCNCc1ccnn1CCCS(=O)(=O)CC. The fourth-order valence-corrected chi connectivity index (χ4v) is 2.40. The van der Waals surface area contributed by atoms with Crippen LogP contribution >= 0.6 is 0 Å². The largest absolute Gasteiger partial charge is 0.311 e. The molecule has 0 aliphatic carbocycles. The highest BCUT2D eigenvalue weighted by molar-refractivity contribution is 7.91. The first kappa shape index (κ1) is 14.2. The third kappa shape index (κ3) is 4.87. The molecule has 0 bridgehead atoms. The molecule has 1 N–H and O–H groups in total. The van der Waals surface area contributed by atoms with Gasteiger partial charge in [-0.15, -0.1) is 0 Å². The van der Waals surface area contributed by atoms with Crippen LogP contribution in [0.25, 0.3) is 0 Å². The van der Waals surface area contributed by atoms with Crippen molar-refractivity contribution in [1.29, 1.82) is 0 Å². The van der Waals surface area contributed by atoms with Crippen LogP contribution in [0, 0.1) is 0 Å². The highest BCUT2D eigenvalue weighted by Gasteiger charge is 2.08. The standard InChI is InChI=1S/C11H21N3O2S/c1-3-12-10-11-6-7-13-14(11)8-5-9-17(15,16)4-2/h6-7,12H,3-5,8-10H2,1-2H3. The van der Waals surface area contributed by atoms with E-state index in [2.05, 4.69) is 17.3 Å². The van der Waals surface area contributed by atoms with E-state index in [9.17, 15) is 8.42 Å². The molecule has 0 saturated carbocycles. The van der Waals surface area contributed by atoms with E-state index in [-0.39, 0.29) is 11.5 Å². The predicted molar refractivity (Wildman–Crippen MR) is 68.6 cm³/mol. The Balaban J connectivity index is 2.44. The van der Waals surface area contributed by atoms with E-state index in [0.717, 1.165) is 18.8 Å². The van der Waals surface area contributed by atoms with Gasteiger partial charge in [0.05, 0.1) is 11.4 Å². The molecule has 1 heterocycles. The number of sulfone groups is 1. The molecule has 0 amide bonds. The van der Waals surface area contributed by atoms with E-state index >= 15 is 0 Å². The molecule has 1 aromatic rings. The first-order chi connectivity index (χ1) is 8.09. The van der Waals surface area contributed by atoms with Crippen molar-refractivity contribution >= 4 is 9.84 Å². The molecule has 17 heavy (non-hydrogen) atoms. The third-order valence-corrected chi connectivity index (χ3v) is 4.42. The van der Waals surface area contributed by atoms with Crippen LogP contribution in [0.5, 0.6) is 0 Å². The van der Waals surface area contributed by atoms with E-state index in [1.807, 2.05) is 10.7 Å². The summed E-state index contributed by atoms with van der Waals surface area (Å²) in [6.07, 6.45) is 2.37. The first-order valence-electron chi connectivity index (χ1n) is 6.01.